The highest BCUT2D eigenvalue weighted by molar-refractivity contribution is 6.31. The van der Waals surface area contributed by atoms with Crippen molar-refractivity contribution in [3.8, 4) is 5.69 Å². The van der Waals surface area contributed by atoms with E-state index in [-0.39, 0.29) is 11.4 Å². The molecule has 4 nitrogen and oxygen atoms in total. The minimum Gasteiger partial charge on any atom is -0.365 e. The molecule has 0 radical (unpaired) electrons. The van der Waals surface area contributed by atoms with Crippen LogP contribution in [0.25, 0.3) is 16.6 Å². The van der Waals surface area contributed by atoms with Crippen molar-refractivity contribution < 1.29 is 9.18 Å². The summed E-state index contributed by atoms with van der Waals surface area (Å²) in [6.45, 7) is 0. The quantitative estimate of drug-likeness (QED) is 0.790. The number of pyridine rings is 1. The summed E-state index contributed by atoms with van der Waals surface area (Å²) in [6, 6.07) is 10.3. The summed E-state index contributed by atoms with van der Waals surface area (Å²) in [5, 5.41) is 0.750. The third-order valence-corrected chi connectivity index (χ3v) is 3.57. The van der Waals surface area contributed by atoms with Crippen LogP contribution in [0.5, 0.6) is 0 Å². The fourth-order valence-corrected chi connectivity index (χ4v) is 2.46. The van der Waals surface area contributed by atoms with E-state index in [1.807, 2.05) is 0 Å². The molecule has 0 aliphatic carbocycles. The molecule has 0 aliphatic rings. The first-order valence-corrected chi connectivity index (χ1v) is 6.76. The highest BCUT2D eigenvalue weighted by atomic mass is 35.5. The van der Waals surface area contributed by atoms with E-state index in [1.54, 1.807) is 16.7 Å². The van der Waals surface area contributed by atoms with Crippen LogP contribution in [0.15, 0.2) is 53.5 Å². The monoisotopic (exact) mass is 316 g/mol. The standard InChI is InChI=1S/C16H10ClFN2O2/c17-9-1-6-12-14(7-9)20(8-13(15(12)21)16(19)22)11-4-2-10(18)3-5-11/h1-8H,(H2,19,22). The van der Waals surface area contributed by atoms with Crippen LogP contribution in [0.1, 0.15) is 10.4 Å². The lowest BCUT2D eigenvalue weighted by Crippen LogP contribution is -2.23. The van der Waals surface area contributed by atoms with Gasteiger partial charge in [-0.1, -0.05) is 11.6 Å². The normalized spacial score (nSPS) is 10.8. The molecule has 1 amide bonds. The highest BCUT2D eigenvalue weighted by Gasteiger charge is 2.14. The number of primary amides is 1. The first-order chi connectivity index (χ1) is 10.5. The minimum atomic E-state index is -0.822. The fraction of sp³-hybridized carbons (Fsp3) is 0. The molecule has 0 atom stereocenters. The van der Waals surface area contributed by atoms with Crippen molar-refractivity contribution in [3.05, 3.63) is 75.3 Å². The molecule has 2 aromatic carbocycles. The number of amides is 1. The molecule has 1 aromatic heterocycles. The summed E-state index contributed by atoms with van der Waals surface area (Å²) >= 11 is 5.99. The van der Waals surface area contributed by atoms with Gasteiger partial charge in [0, 0.05) is 22.3 Å². The first kappa shape index (κ1) is 14.3. The second-order valence-corrected chi connectivity index (χ2v) is 5.18. The largest absolute Gasteiger partial charge is 0.365 e. The Morgan fingerprint density at radius 2 is 1.82 bits per heavy atom. The Morgan fingerprint density at radius 3 is 2.45 bits per heavy atom. The number of nitrogens with two attached hydrogens (primary N) is 1. The summed E-state index contributed by atoms with van der Waals surface area (Å²) < 4.78 is 14.7. The van der Waals surface area contributed by atoms with Crippen LogP contribution in [-0.2, 0) is 0 Å². The van der Waals surface area contributed by atoms with Gasteiger partial charge in [-0.05, 0) is 42.5 Å². The van der Waals surface area contributed by atoms with Crippen LogP contribution in [0.4, 0.5) is 4.39 Å². The Hall–Kier alpha value is -2.66. The van der Waals surface area contributed by atoms with Gasteiger partial charge in [-0.2, -0.15) is 0 Å². The van der Waals surface area contributed by atoms with Crippen molar-refractivity contribution >= 4 is 28.4 Å². The Bertz CT molecular complexity index is 949. The SMILES string of the molecule is NC(=O)c1cn(-c2ccc(F)cc2)c2cc(Cl)ccc2c1=O. The van der Waals surface area contributed by atoms with Crippen molar-refractivity contribution in [2.45, 2.75) is 0 Å². The van der Waals surface area contributed by atoms with E-state index in [0.29, 0.717) is 21.6 Å². The molecule has 2 N–H and O–H groups in total. The number of halogens is 2. The number of fused-ring (bicyclic) bond motifs is 1. The highest BCUT2D eigenvalue weighted by Crippen LogP contribution is 2.21. The molecule has 3 rings (SSSR count). The Labute approximate surface area is 129 Å². The number of rotatable bonds is 2. The van der Waals surface area contributed by atoms with Crippen LogP contribution in [0, 0.1) is 5.82 Å². The molecule has 0 bridgehead atoms. The lowest BCUT2D eigenvalue weighted by Gasteiger charge is -2.13. The molecule has 0 aliphatic heterocycles. The van der Waals surface area contributed by atoms with Crippen molar-refractivity contribution in [2.24, 2.45) is 5.73 Å². The molecule has 0 saturated heterocycles. The number of aromatic nitrogens is 1. The number of nitrogens with zero attached hydrogens (tertiary/aromatic N) is 1. The summed E-state index contributed by atoms with van der Waals surface area (Å²) in [4.78, 5) is 23.8. The Kier molecular flexibility index (Phi) is 3.42. The summed E-state index contributed by atoms with van der Waals surface area (Å²) in [6.07, 6.45) is 1.34. The van der Waals surface area contributed by atoms with E-state index in [0.717, 1.165) is 0 Å². The van der Waals surface area contributed by atoms with Crippen molar-refractivity contribution in [1.29, 1.82) is 0 Å². The number of hydrogen-bond acceptors (Lipinski definition) is 2. The zero-order chi connectivity index (χ0) is 15.9. The van der Waals surface area contributed by atoms with Gasteiger partial charge in [-0.3, -0.25) is 9.59 Å². The van der Waals surface area contributed by atoms with Gasteiger partial charge in [0.15, 0.2) is 0 Å². The zero-order valence-corrected chi connectivity index (χ0v) is 12.0. The number of carbonyl (C=O) groups is 1. The fourth-order valence-electron chi connectivity index (χ4n) is 2.29. The molecule has 6 heteroatoms. The molecule has 110 valence electrons. The minimum absolute atomic E-state index is 0.140. The Morgan fingerprint density at radius 1 is 1.14 bits per heavy atom. The maximum atomic E-state index is 13.1. The average molecular weight is 317 g/mol. The molecular weight excluding hydrogens is 307 g/mol. The van der Waals surface area contributed by atoms with Crippen LogP contribution in [0.3, 0.4) is 0 Å². The third kappa shape index (κ3) is 2.35. The molecule has 22 heavy (non-hydrogen) atoms. The van der Waals surface area contributed by atoms with Gasteiger partial charge in [0.2, 0.25) is 5.43 Å². The van der Waals surface area contributed by atoms with E-state index >= 15 is 0 Å². The topological polar surface area (TPSA) is 65.1 Å². The van der Waals surface area contributed by atoms with E-state index in [4.69, 9.17) is 17.3 Å². The molecule has 1 heterocycles. The van der Waals surface area contributed by atoms with Crippen molar-refractivity contribution in [2.75, 3.05) is 0 Å². The molecule has 0 fully saturated rings. The summed E-state index contributed by atoms with van der Waals surface area (Å²) in [5.74, 6) is -1.21. The van der Waals surface area contributed by atoms with Gasteiger partial charge in [-0.25, -0.2) is 4.39 Å². The number of carbonyl (C=O) groups excluding carboxylic acids is 1. The van der Waals surface area contributed by atoms with Crippen LogP contribution in [-0.4, -0.2) is 10.5 Å². The molecule has 3 aromatic rings. The lowest BCUT2D eigenvalue weighted by molar-refractivity contribution is 0.0999. The first-order valence-electron chi connectivity index (χ1n) is 6.38. The average Bonchev–Trinajstić information content (AvgIpc) is 2.48. The van der Waals surface area contributed by atoms with Gasteiger partial charge in [0.25, 0.3) is 5.91 Å². The predicted molar refractivity (Wildman–Crippen MR) is 83.0 cm³/mol. The maximum absolute atomic E-state index is 13.1. The van der Waals surface area contributed by atoms with Gasteiger partial charge in [0.1, 0.15) is 11.4 Å². The van der Waals surface area contributed by atoms with Crippen LogP contribution >= 0.6 is 11.6 Å². The van der Waals surface area contributed by atoms with E-state index in [2.05, 4.69) is 0 Å². The summed E-state index contributed by atoms with van der Waals surface area (Å²) in [7, 11) is 0. The smallest absolute Gasteiger partial charge is 0.254 e. The molecule has 0 saturated carbocycles. The van der Waals surface area contributed by atoms with Gasteiger partial charge < -0.3 is 10.3 Å². The third-order valence-electron chi connectivity index (χ3n) is 3.34. The number of benzene rings is 2. The van der Waals surface area contributed by atoms with Gasteiger partial charge >= 0.3 is 0 Å². The molecule has 0 unspecified atom stereocenters. The molecule has 0 spiro atoms. The van der Waals surface area contributed by atoms with E-state index in [9.17, 15) is 14.0 Å². The predicted octanol–water partition coefficient (Wildman–Crippen LogP) is 2.88. The van der Waals surface area contributed by atoms with E-state index in [1.165, 1.54) is 36.5 Å². The zero-order valence-electron chi connectivity index (χ0n) is 11.2. The summed E-state index contributed by atoms with van der Waals surface area (Å²) in [5.41, 5.74) is 5.76. The van der Waals surface area contributed by atoms with Crippen molar-refractivity contribution in [1.82, 2.24) is 4.57 Å². The van der Waals surface area contributed by atoms with Gasteiger partial charge in [0.05, 0.1) is 5.52 Å². The van der Waals surface area contributed by atoms with E-state index < -0.39 is 11.3 Å². The maximum Gasteiger partial charge on any atom is 0.254 e. The second-order valence-electron chi connectivity index (χ2n) is 4.74. The second kappa shape index (κ2) is 5.27. The lowest BCUT2D eigenvalue weighted by atomic mass is 10.1. The van der Waals surface area contributed by atoms with Crippen LogP contribution in [0.2, 0.25) is 5.02 Å². The van der Waals surface area contributed by atoms with Gasteiger partial charge in [-0.15, -0.1) is 0 Å². The van der Waals surface area contributed by atoms with Crippen molar-refractivity contribution in [3.63, 3.8) is 0 Å². The van der Waals surface area contributed by atoms with Crippen LogP contribution < -0.4 is 11.2 Å². The number of hydrogen-bond donors (Lipinski definition) is 1. The molecular formula is C16H10ClFN2O2. The Balaban J connectivity index is 2.43.